The number of non-ortho nitro benzene ring substituents is 1. The number of anilines is 1. The molecule has 9 heteroatoms. The van der Waals surface area contributed by atoms with Crippen molar-refractivity contribution in [2.24, 2.45) is 0 Å². The Morgan fingerprint density at radius 2 is 2.38 bits per heavy atom. The third kappa shape index (κ3) is 2.38. The van der Waals surface area contributed by atoms with Crippen molar-refractivity contribution >= 4 is 28.8 Å². The zero-order valence-corrected chi connectivity index (χ0v) is 10.9. The first-order chi connectivity index (χ1) is 10.1. The highest BCUT2D eigenvalue weighted by Crippen LogP contribution is 2.26. The van der Waals surface area contributed by atoms with Gasteiger partial charge in [0.05, 0.1) is 4.92 Å². The summed E-state index contributed by atoms with van der Waals surface area (Å²) in [6.07, 6.45) is 0. The van der Waals surface area contributed by atoms with Crippen molar-refractivity contribution in [3.63, 3.8) is 0 Å². The fraction of sp³-hybridized carbons (Fsp3) is 0.333. The van der Waals surface area contributed by atoms with Crippen LogP contribution in [0.3, 0.4) is 0 Å². The first-order valence-electron chi connectivity index (χ1n) is 6.31. The van der Waals surface area contributed by atoms with Crippen molar-refractivity contribution < 1.29 is 19.2 Å². The van der Waals surface area contributed by atoms with Crippen LogP contribution in [0.4, 0.5) is 11.7 Å². The van der Waals surface area contributed by atoms with Gasteiger partial charge in [0.15, 0.2) is 5.58 Å². The van der Waals surface area contributed by atoms with Gasteiger partial charge in [0.2, 0.25) is 0 Å². The van der Waals surface area contributed by atoms with Crippen LogP contribution in [0, 0.1) is 10.1 Å². The summed E-state index contributed by atoms with van der Waals surface area (Å²) < 4.78 is 5.52. The molecule has 1 aromatic carbocycles. The molecule has 1 aliphatic rings. The van der Waals surface area contributed by atoms with E-state index >= 15 is 0 Å². The molecule has 2 aromatic rings. The minimum Gasteiger partial charge on any atom is -0.480 e. The van der Waals surface area contributed by atoms with Crippen LogP contribution in [0.25, 0.3) is 11.1 Å². The molecule has 0 radical (unpaired) electrons. The Morgan fingerprint density at radius 3 is 3.10 bits per heavy atom. The fourth-order valence-electron chi connectivity index (χ4n) is 2.29. The van der Waals surface area contributed by atoms with E-state index in [2.05, 4.69) is 10.3 Å². The molecule has 1 saturated heterocycles. The average molecular weight is 292 g/mol. The van der Waals surface area contributed by atoms with E-state index < -0.39 is 16.9 Å². The Bertz CT molecular complexity index is 713. The maximum atomic E-state index is 11.3. The normalized spacial score (nSPS) is 18.9. The van der Waals surface area contributed by atoms with Gasteiger partial charge in [0.25, 0.3) is 11.7 Å². The van der Waals surface area contributed by atoms with E-state index in [1.165, 1.54) is 18.2 Å². The number of fused-ring (bicyclic) bond motifs is 1. The van der Waals surface area contributed by atoms with Crippen molar-refractivity contribution in [2.45, 2.75) is 6.04 Å². The van der Waals surface area contributed by atoms with Crippen LogP contribution in [0.5, 0.6) is 0 Å². The topological polar surface area (TPSA) is 122 Å². The molecular formula is C12H12N4O5. The largest absolute Gasteiger partial charge is 0.480 e. The lowest BCUT2D eigenvalue weighted by Gasteiger charge is -2.31. The van der Waals surface area contributed by atoms with E-state index in [4.69, 9.17) is 4.42 Å². The summed E-state index contributed by atoms with van der Waals surface area (Å²) in [5.41, 5.74) is 0.637. The molecule has 0 bridgehead atoms. The van der Waals surface area contributed by atoms with Crippen LogP contribution in [0.1, 0.15) is 0 Å². The van der Waals surface area contributed by atoms with Crippen LogP contribution in [-0.4, -0.2) is 46.7 Å². The molecule has 21 heavy (non-hydrogen) atoms. The molecule has 0 saturated carbocycles. The summed E-state index contributed by atoms with van der Waals surface area (Å²) in [5.74, 6) is -0.976. The molecule has 3 rings (SSSR count). The molecule has 0 aliphatic carbocycles. The van der Waals surface area contributed by atoms with Crippen molar-refractivity contribution in [1.82, 2.24) is 10.3 Å². The number of hydrogen-bond donors (Lipinski definition) is 2. The van der Waals surface area contributed by atoms with E-state index in [1.54, 1.807) is 4.90 Å². The maximum absolute atomic E-state index is 11.3. The quantitative estimate of drug-likeness (QED) is 0.623. The summed E-state index contributed by atoms with van der Waals surface area (Å²) in [7, 11) is 0. The third-order valence-corrected chi connectivity index (χ3v) is 3.34. The summed E-state index contributed by atoms with van der Waals surface area (Å²) in [6, 6.07) is 3.48. The lowest BCUT2D eigenvalue weighted by molar-refractivity contribution is -0.384. The molecule has 1 aromatic heterocycles. The van der Waals surface area contributed by atoms with E-state index in [-0.39, 0.29) is 18.2 Å². The van der Waals surface area contributed by atoms with Gasteiger partial charge in [-0.15, -0.1) is 0 Å². The number of aliphatic carboxylic acids is 1. The zero-order valence-electron chi connectivity index (χ0n) is 10.9. The van der Waals surface area contributed by atoms with Crippen LogP contribution in [0.2, 0.25) is 0 Å². The number of benzene rings is 1. The molecular weight excluding hydrogens is 280 g/mol. The number of rotatable bonds is 3. The molecule has 0 amide bonds. The smallest absolute Gasteiger partial charge is 0.327 e. The predicted octanol–water partition coefficient (Wildman–Crippen LogP) is 0.599. The number of nitrogens with one attached hydrogen (secondary N) is 1. The molecule has 1 fully saturated rings. The van der Waals surface area contributed by atoms with Crippen LogP contribution in [0.15, 0.2) is 22.6 Å². The second-order valence-corrected chi connectivity index (χ2v) is 4.66. The van der Waals surface area contributed by atoms with E-state index in [9.17, 15) is 20.0 Å². The monoisotopic (exact) mass is 292 g/mol. The summed E-state index contributed by atoms with van der Waals surface area (Å²) in [5, 5.41) is 23.0. The van der Waals surface area contributed by atoms with E-state index in [0.717, 1.165) is 0 Å². The summed E-state index contributed by atoms with van der Waals surface area (Å²) in [4.78, 5) is 27.2. The van der Waals surface area contributed by atoms with Crippen LogP contribution in [-0.2, 0) is 4.79 Å². The first kappa shape index (κ1) is 13.3. The molecule has 0 spiro atoms. The number of hydrogen-bond acceptors (Lipinski definition) is 7. The summed E-state index contributed by atoms with van der Waals surface area (Å²) in [6.45, 7) is 1.34. The number of nitrogens with zero attached hydrogens (tertiary/aromatic N) is 3. The SMILES string of the molecule is O=C(O)C1CNCCN1c1nc2cc([N+](=O)[O-])ccc2o1. The number of nitro benzene ring substituents is 1. The standard InChI is InChI=1S/C12H12N4O5/c17-11(18)9-6-13-3-4-15(9)12-14-8-5-7(16(19)20)1-2-10(8)21-12/h1-2,5,9,13H,3-4,6H2,(H,17,18). The second-order valence-electron chi connectivity index (χ2n) is 4.66. The van der Waals surface area contributed by atoms with Gasteiger partial charge >= 0.3 is 5.97 Å². The predicted molar refractivity (Wildman–Crippen MR) is 72.3 cm³/mol. The number of nitro groups is 1. The highest BCUT2D eigenvalue weighted by molar-refractivity contribution is 5.80. The molecule has 110 valence electrons. The molecule has 2 N–H and O–H groups in total. The lowest BCUT2D eigenvalue weighted by Crippen LogP contribution is -2.55. The Hall–Kier alpha value is -2.68. The Balaban J connectivity index is 1.99. The lowest BCUT2D eigenvalue weighted by atomic mass is 10.2. The number of carboxylic acids is 1. The average Bonchev–Trinajstić information content (AvgIpc) is 2.89. The van der Waals surface area contributed by atoms with Crippen molar-refractivity contribution in [3.05, 3.63) is 28.3 Å². The molecule has 2 heterocycles. The van der Waals surface area contributed by atoms with Gasteiger partial charge in [-0.3, -0.25) is 10.1 Å². The van der Waals surface area contributed by atoms with Gasteiger partial charge in [-0.2, -0.15) is 4.98 Å². The van der Waals surface area contributed by atoms with Gasteiger partial charge in [-0.1, -0.05) is 0 Å². The second kappa shape index (κ2) is 5.02. The highest BCUT2D eigenvalue weighted by atomic mass is 16.6. The van der Waals surface area contributed by atoms with Crippen molar-refractivity contribution in [3.8, 4) is 0 Å². The summed E-state index contributed by atoms with van der Waals surface area (Å²) >= 11 is 0. The number of piperazine rings is 1. The van der Waals surface area contributed by atoms with Crippen LogP contribution >= 0.6 is 0 Å². The van der Waals surface area contributed by atoms with E-state index in [0.29, 0.717) is 24.2 Å². The number of carboxylic acid groups (broad SMARTS) is 1. The Kier molecular flexibility index (Phi) is 3.18. The van der Waals surface area contributed by atoms with Crippen molar-refractivity contribution in [2.75, 3.05) is 24.5 Å². The van der Waals surface area contributed by atoms with Crippen LogP contribution < -0.4 is 10.2 Å². The van der Waals surface area contributed by atoms with Gasteiger partial charge in [0.1, 0.15) is 11.6 Å². The number of aromatic nitrogens is 1. The Labute approximate surface area is 118 Å². The Morgan fingerprint density at radius 1 is 1.57 bits per heavy atom. The van der Waals surface area contributed by atoms with Gasteiger partial charge < -0.3 is 19.7 Å². The molecule has 1 unspecified atom stereocenters. The molecule has 9 nitrogen and oxygen atoms in total. The zero-order chi connectivity index (χ0) is 15.0. The van der Waals surface area contributed by atoms with Gasteiger partial charge in [-0.05, 0) is 6.07 Å². The molecule has 1 atom stereocenters. The minimum absolute atomic E-state index is 0.0857. The fourth-order valence-corrected chi connectivity index (χ4v) is 2.29. The third-order valence-electron chi connectivity index (χ3n) is 3.34. The number of carbonyl (C=O) groups is 1. The number of oxazole rings is 1. The van der Waals surface area contributed by atoms with E-state index in [1.807, 2.05) is 0 Å². The minimum atomic E-state index is -0.976. The highest BCUT2D eigenvalue weighted by Gasteiger charge is 2.31. The van der Waals surface area contributed by atoms with Crippen molar-refractivity contribution in [1.29, 1.82) is 0 Å². The first-order valence-corrected chi connectivity index (χ1v) is 6.31. The maximum Gasteiger partial charge on any atom is 0.327 e. The van der Waals surface area contributed by atoms with Gasteiger partial charge in [0, 0.05) is 31.8 Å². The van der Waals surface area contributed by atoms with Gasteiger partial charge in [-0.25, -0.2) is 4.79 Å². The molecule has 1 aliphatic heterocycles.